The largest absolute Gasteiger partial charge is 0.424 e. The highest BCUT2D eigenvalue weighted by Gasteiger charge is 2.33. The lowest BCUT2D eigenvalue weighted by Gasteiger charge is -2.29. The van der Waals surface area contributed by atoms with E-state index in [0.29, 0.717) is 5.92 Å². The molecule has 21 heavy (non-hydrogen) atoms. The van der Waals surface area contributed by atoms with Crippen LogP contribution in [-0.2, 0) is 5.41 Å². The first kappa shape index (κ1) is 16.5. The van der Waals surface area contributed by atoms with Crippen molar-refractivity contribution in [2.24, 2.45) is 5.41 Å². The van der Waals surface area contributed by atoms with Gasteiger partial charge in [-0.2, -0.15) is 0 Å². The summed E-state index contributed by atoms with van der Waals surface area (Å²) in [5, 5.41) is 8.78. The van der Waals surface area contributed by atoms with Crippen LogP contribution in [0, 0.1) is 5.41 Å². The molecule has 0 aromatic carbocycles. The van der Waals surface area contributed by atoms with E-state index < -0.39 is 0 Å². The van der Waals surface area contributed by atoms with Gasteiger partial charge >= 0.3 is 0 Å². The summed E-state index contributed by atoms with van der Waals surface area (Å²) in [5.41, 5.74) is 0.212. The van der Waals surface area contributed by atoms with Crippen LogP contribution in [0.5, 0.6) is 0 Å². The number of hydrogen-bond donors (Lipinski definition) is 0. The van der Waals surface area contributed by atoms with Crippen molar-refractivity contribution in [3.05, 3.63) is 11.8 Å². The van der Waals surface area contributed by atoms with E-state index in [2.05, 4.69) is 44.8 Å². The Morgan fingerprint density at radius 3 is 2.05 bits per heavy atom. The molecule has 1 aromatic rings. The molecule has 0 saturated heterocycles. The second-order valence-electron chi connectivity index (χ2n) is 8.61. The summed E-state index contributed by atoms with van der Waals surface area (Å²) in [6.07, 6.45) is 10.2. The predicted octanol–water partition coefficient (Wildman–Crippen LogP) is 5.61. The lowest BCUT2D eigenvalue weighted by Crippen LogP contribution is -2.25. The van der Waals surface area contributed by atoms with Crippen LogP contribution in [0.25, 0.3) is 0 Å². The molecule has 0 spiro atoms. The van der Waals surface area contributed by atoms with Crippen LogP contribution in [-0.4, -0.2) is 10.2 Å². The van der Waals surface area contributed by atoms with Crippen molar-refractivity contribution in [2.75, 3.05) is 0 Å². The van der Waals surface area contributed by atoms with Crippen LogP contribution in [0.1, 0.15) is 104 Å². The fourth-order valence-corrected chi connectivity index (χ4v) is 3.78. The SMILES string of the molecule is CC(C)(C)CC(C)(C)c1nnc(C2CCCCCCC2)o1. The van der Waals surface area contributed by atoms with Crippen molar-refractivity contribution < 1.29 is 4.42 Å². The van der Waals surface area contributed by atoms with Gasteiger partial charge in [0.25, 0.3) is 0 Å². The highest BCUT2D eigenvalue weighted by molar-refractivity contribution is 5.03. The average molecular weight is 292 g/mol. The molecule has 2 rings (SSSR count). The molecule has 1 fully saturated rings. The second-order valence-corrected chi connectivity index (χ2v) is 8.61. The lowest BCUT2D eigenvalue weighted by molar-refractivity contribution is 0.236. The topological polar surface area (TPSA) is 38.9 Å². The van der Waals surface area contributed by atoms with Crippen LogP contribution in [0.3, 0.4) is 0 Å². The molecule has 1 heterocycles. The summed E-state index contributed by atoms with van der Waals surface area (Å²) in [6, 6.07) is 0. The normalized spacial score (nSPS) is 19.3. The average Bonchev–Trinajstić information content (AvgIpc) is 2.74. The zero-order valence-corrected chi connectivity index (χ0v) is 14.5. The smallest absolute Gasteiger partial charge is 0.222 e. The highest BCUT2D eigenvalue weighted by atomic mass is 16.4. The zero-order valence-electron chi connectivity index (χ0n) is 14.5. The molecule has 120 valence electrons. The van der Waals surface area contributed by atoms with Crippen LogP contribution in [0.15, 0.2) is 4.42 Å². The summed E-state index contributed by atoms with van der Waals surface area (Å²) in [4.78, 5) is 0. The highest BCUT2D eigenvalue weighted by Crippen LogP contribution is 2.37. The second kappa shape index (κ2) is 6.50. The first-order valence-electron chi connectivity index (χ1n) is 8.62. The van der Waals surface area contributed by atoms with Crippen LogP contribution >= 0.6 is 0 Å². The fourth-order valence-electron chi connectivity index (χ4n) is 3.78. The summed E-state index contributed by atoms with van der Waals surface area (Å²) in [7, 11) is 0. The Morgan fingerprint density at radius 2 is 1.48 bits per heavy atom. The maximum absolute atomic E-state index is 6.11. The number of nitrogens with zero attached hydrogens (tertiary/aromatic N) is 2. The van der Waals surface area contributed by atoms with E-state index >= 15 is 0 Å². The molecule has 1 saturated carbocycles. The minimum Gasteiger partial charge on any atom is -0.424 e. The Bertz CT molecular complexity index is 434. The number of aromatic nitrogens is 2. The Balaban J connectivity index is 2.09. The molecule has 0 radical (unpaired) electrons. The monoisotopic (exact) mass is 292 g/mol. The molecular formula is C18H32N2O. The molecule has 0 unspecified atom stereocenters. The van der Waals surface area contributed by atoms with Crippen molar-refractivity contribution >= 4 is 0 Å². The van der Waals surface area contributed by atoms with Gasteiger partial charge in [0.15, 0.2) is 0 Å². The minimum atomic E-state index is -0.0505. The first-order valence-corrected chi connectivity index (χ1v) is 8.62. The van der Waals surface area contributed by atoms with Gasteiger partial charge in [0.1, 0.15) is 0 Å². The van der Waals surface area contributed by atoms with Crippen molar-refractivity contribution in [3.63, 3.8) is 0 Å². The van der Waals surface area contributed by atoms with E-state index in [0.717, 1.165) is 18.2 Å². The van der Waals surface area contributed by atoms with Gasteiger partial charge < -0.3 is 4.42 Å². The predicted molar refractivity (Wildman–Crippen MR) is 86.5 cm³/mol. The molecule has 0 bridgehead atoms. The lowest BCUT2D eigenvalue weighted by atomic mass is 9.76. The summed E-state index contributed by atoms with van der Waals surface area (Å²) in [5.74, 6) is 2.18. The number of hydrogen-bond acceptors (Lipinski definition) is 3. The molecular weight excluding hydrogens is 260 g/mol. The van der Waals surface area contributed by atoms with E-state index in [1.807, 2.05) is 0 Å². The van der Waals surface area contributed by atoms with Gasteiger partial charge in [-0.05, 0) is 24.7 Å². The number of rotatable bonds is 3. The van der Waals surface area contributed by atoms with Crippen LogP contribution in [0.4, 0.5) is 0 Å². The van der Waals surface area contributed by atoms with E-state index in [1.54, 1.807) is 0 Å². The first-order chi connectivity index (χ1) is 9.78. The zero-order chi connectivity index (χ0) is 15.5. The molecule has 0 aliphatic heterocycles. The molecule has 1 aliphatic rings. The van der Waals surface area contributed by atoms with Crippen molar-refractivity contribution in [3.8, 4) is 0 Å². The third-order valence-electron chi connectivity index (χ3n) is 4.45. The van der Waals surface area contributed by atoms with E-state index in [9.17, 15) is 0 Å². The Hall–Kier alpha value is -0.860. The molecule has 1 aromatic heterocycles. The van der Waals surface area contributed by atoms with Crippen molar-refractivity contribution in [1.29, 1.82) is 0 Å². The third kappa shape index (κ3) is 4.82. The maximum Gasteiger partial charge on any atom is 0.222 e. The molecule has 3 heteroatoms. The van der Waals surface area contributed by atoms with Gasteiger partial charge in [-0.25, -0.2) is 0 Å². The van der Waals surface area contributed by atoms with Crippen LogP contribution < -0.4 is 0 Å². The Kier molecular flexibility index (Phi) is 5.11. The van der Waals surface area contributed by atoms with E-state index in [4.69, 9.17) is 4.42 Å². The van der Waals surface area contributed by atoms with Gasteiger partial charge in [-0.1, -0.05) is 66.7 Å². The quantitative estimate of drug-likeness (QED) is 0.726. The van der Waals surface area contributed by atoms with Crippen molar-refractivity contribution in [2.45, 2.75) is 97.3 Å². The van der Waals surface area contributed by atoms with Crippen molar-refractivity contribution in [1.82, 2.24) is 10.2 Å². The molecule has 0 N–H and O–H groups in total. The minimum absolute atomic E-state index is 0.0505. The Morgan fingerprint density at radius 1 is 0.905 bits per heavy atom. The van der Waals surface area contributed by atoms with Gasteiger partial charge in [0, 0.05) is 11.3 Å². The van der Waals surface area contributed by atoms with E-state index in [1.165, 1.54) is 44.9 Å². The summed E-state index contributed by atoms with van der Waals surface area (Å²) < 4.78 is 6.11. The maximum atomic E-state index is 6.11. The van der Waals surface area contributed by atoms with Gasteiger partial charge in [-0.3, -0.25) is 0 Å². The van der Waals surface area contributed by atoms with Crippen LogP contribution in [0.2, 0.25) is 0 Å². The summed E-state index contributed by atoms with van der Waals surface area (Å²) >= 11 is 0. The molecule has 1 aliphatic carbocycles. The van der Waals surface area contributed by atoms with Gasteiger partial charge in [-0.15, -0.1) is 10.2 Å². The fraction of sp³-hybridized carbons (Fsp3) is 0.889. The Labute approximate surface area is 129 Å². The molecule has 3 nitrogen and oxygen atoms in total. The molecule has 0 atom stereocenters. The molecule has 0 amide bonds. The van der Waals surface area contributed by atoms with Gasteiger partial charge in [0.2, 0.25) is 11.8 Å². The van der Waals surface area contributed by atoms with E-state index in [-0.39, 0.29) is 10.8 Å². The summed E-state index contributed by atoms with van der Waals surface area (Å²) in [6.45, 7) is 11.2. The van der Waals surface area contributed by atoms with Gasteiger partial charge in [0.05, 0.1) is 0 Å². The standard InChI is InChI=1S/C18H32N2O/c1-17(2,3)13-18(4,5)16-20-19-15(21-16)14-11-9-7-6-8-10-12-14/h14H,6-13H2,1-5H3. The third-order valence-corrected chi connectivity index (χ3v) is 4.45.